The van der Waals surface area contributed by atoms with Crippen molar-refractivity contribution >= 4 is 17.6 Å². The highest BCUT2D eigenvalue weighted by atomic mass is 16.4. The van der Waals surface area contributed by atoms with E-state index in [0.29, 0.717) is 24.3 Å². The molecule has 2 aliphatic heterocycles. The summed E-state index contributed by atoms with van der Waals surface area (Å²) >= 11 is 0. The molecule has 6 nitrogen and oxygen atoms in total. The van der Waals surface area contributed by atoms with E-state index in [1.807, 2.05) is 0 Å². The van der Waals surface area contributed by atoms with Crippen molar-refractivity contribution in [1.82, 2.24) is 10.6 Å². The number of fused-ring (bicyclic) bond motifs is 1. The van der Waals surface area contributed by atoms with E-state index in [-0.39, 0.29) is 5.91 Å². The smallest absolute Gasteiger partial charge is 0.326 e. The average molecular weight is 347 g/mol. The number of hydrogen-bond donors (Lipinski definition) is 3. The van der Waals surface area contributed by atoms with Crippen molar-refractivity contribution in [3.05, 3.63) is 12.2 Å². The standard InChI is InChI=1S/C19H29N3O3/c23-18(9-8-14-5-3-4-10-20-14)22-17(19(24)25)11-13-12-21-16-7-2-1-6-15(13)16/h8-9,13,15-17,21H,1-7,10-12H2,(H,22,23)(H,24,25)/b9-8+. The van der Waals surface area contributed by atoms with Crippen LogP contribution in [0.5, 0.6) is 0 Å². The SMILES string of the molecule is O=C(/C=C/C1=NCCCC1)NC(CC1CNC2CCCCC12)C(=O)O. The van der Waals surface area contributed by atoms with Gasteiger partial charge in [0.25, 0.3) is 0 Å². The molecule has 3 N–H and O–H groups in total. The number of carbonyl (C=O) groups is 2. The number of carboxylic acid groups (broad SMARTS) is 1. The van der Waals surface area contributed by atoms with E-state index < -0.39 is 12.0 Å². The topological polar surface area (TPSA) is 90.8 Å². The van der Waals surface area contributed by atoms with Crippen LogP contribution in [0.2, 0.25) is 0 Å². The average Bonchev–Trinajstić information content (AvgIpc) is 3.03. The Kier molecular flexibility index (Phi) is 6.24. The van der Waals surface area contributed by atoms with Crippen LogP contribution in [0.1, 0.15) is 51.4 Å². The number of rotatable bonds is 6. The normalized spacial score (nSPS) is 30.6. The molecule has 1 aliphatic carbocycles. The zero-order valence-electron chi connectivity index (χ0n) is 14.7. The molecule has 3 rings (SSSR count). The minimum absolute atomic E-state index is 0.332. The van der Waals surface area contributed by atoms with Gasteiger partial charge in [-0.3, -0.25) is 9.79 Å². The predicted molar refractivity (Wildman–Crippen MR) is 96.7 cm³/mol. The second-order valence-corrected chi connectivity index (χ2v) is 7.52. The second-order valence-electron chi connectivity index (χ2n) is 7.52. The lowest BCUT2D eigenvalue weighted by atomic mass is 9.77. The van der Waals surface area contributed by atoms with Crippen LogP contribution in [0.4, 0.5) is 0 Å². The molecular formula is C19H29N3O3. The molecule has 4 atom stereocenters. The molecule has 25 heavy (non-hydrogen) atoms. The van der Waals surface area contributed by atoms with Gasteiger partial charge in [0.1, 0.15) is 6.04 Å². The lowest BCUT2D eigenvalue weighted by molar-refractivity contribution is -0.141. The first kappa shape index (κ1) is 18.1. The van der Waals surface area contributed by atoms with Crippen LogP contribution in [0, 0.1) is 11.8 Å². The molecule has 0 aromatic carbocycles. The molecule has 3 aliphatic rings. The van der Waals surface area contributed by atoms with Gasteiger partial charge in [0.05, 0.1) is 0 Å². The fourth-order valence-corrected chi connectivity index (χ4v) is 4.46. The molecular weight excluding hydrogens is 318 g/mol. The van der Waals surface area contributed by atoms with E-state index in [2.05, 4.69) is 15.6 Å². The summed E-state index contributed by atoms with van der Waals surface area (Å²) in [6.07, 6.45) is 11.6. The van der Waals surface area contributed by atoms with E-state index in [0.717, 1.165) is 38.1 Å². The van der Waals surface area contributed by atoms with E-state index in [9.17, 15) is 14.7 Å². The van der Waals surface area contributed by atoms with Crippen LogP contribution in [0.15, 0.2) is 17.1 Å². The Morgan fingerprint density at radius 2 is 2.12 bits per heavy atom. The molecule has 6 heteroatoms. The monoisotopic (exact) mass is 347 g/mol. The third-order valence-corrected chi connectivity index (χ3v) is 5.80. The molecule has 4 unspecified atom stereocenters. The van der Waals surface area contributed by atoms with Crippen LogP contribution in [0.3, 0.4) is 0 Å². The summed E-state index contributed by atoms with van der Waals surface area (Å²) in [7, 11) is 0. The second kappa shape index (κ2) is 8.61. The number of carboxylic acids is 1. The Balaban J connectivity index is 1.54. The first-order valence-electron chi connectivity index (χ1n) is 9.61. The number of hydrogen-bond acceptors (Lipinski definition) is 4. The fourth-order valence-electron chi connectivity index (χ4n) is 4.46. The highest BCUT2D eigenvalue weighted by molar-refractivity contribution is 6.01. The summed E-state index contributed by atoms with van der Waals surface area (Å²) in [5, 5.41) is 15.7. The molecule has 138 valence electrons. The van der Waals surface area contributed by atoms with Gasteiger partial charge >= 0.3 is 5.97 Å². The van der Waals surface area contributed by atoms with Crippen LogP contribution in [0.25, 0.3) is 0 Å². The molecule has 0 radical (unpaired) electrons. The van der Waals surface area contributed by atoms with Crippen molar-refractivity contribution in [2.75, 3.05) is 13.1 Å². The zero-order valence-corrected chi connectivity index (χ0v) is 14.7. The Morgan fingerprint density at radius 3 is 2.88 bits per heavy atom. The summed E-state index contributed by atoms with van der Waals surface area (Å²) in [5.74, 6) is -0.402. The van der Waals surface area contributed by atoms with Gasteiger partial charge < -0.3 is 15.7 Å². The zero-order chi connectivity index (χ0) is 17.6. The van der Waals surface area contributed by atoms with Crippen molar-refractivity contribution < 1.29 is 14.7 Å². The molecule has 0 spiro atoms. The Bertz CT molecular complexity index is 558. The molecule has 1 amide bonds. The fraction of sp³-hybridized carbons (Fsp3) is 0.737. The van der Waals surface area contributed by atoms with E-state index in [4.69, 9.17) is 0 Å². The molecule has 1 saturated heterocycles. The Morgan fingerprint density at radius 1 is 1.28 bits per heavy atom. The molecule has 0 bridgehead atoms. The molecule has 0 aromatic heterocycles. The maximum absolute atomic E-state index is 12.1. The minimum atomic E-state index is -0.948. The van der Waals surface area contributed by atoms with Gasteiger partial charge in [0, 0.05) is 24.4 Å². The number of nitrogens with one attached hydrogen (secondary N) is 2. The molecule has 0 aromatic rings. The largest absolute Gasteiger partial charge is 0.480 e. The number of aliphatic imine (C=N–C) groups is 1. The summed E-state index contributed by atoms with van der Waals surface area (Å²) in [6, 6.07) is -0.286. The van der Waals surface area contributed by atoms with Crippen LogP contribution in [-0.4, -0.2) is 47.9 Å². The molecule has 2 fully saturated rings. The van der Waals surface area contributed by atoms with Gasteiger partial charge in [-0.25, -0.2) is 4.79 Å². The van der Waals surface area contributed by atoms with Crippen molar-refractivity contribution in [3.8, 4) is 0 Å². The Labute approximate surface area is 149 Å². The number of allylic oxidation sites excluding steroid dienone is 1. The summed E-state index contributed by atoms with van der Waals surface area (Å²) in [5.41, 5.74) is 0.929. The first-order valence-corrected chi connectivity index (χ1v) is 9.61. The quantitative estimate of drug-likeness (QED) is 0.640. The summed E-state index contributed by atoms with van der Waals surface area (Å²) in [4.78, 5) is 28.1. The van der Waals surface area contributed by atoms with Crippen molar-refractivity contribution in [1.29, 1.82) is 0 Å². The predicted octanol–water partition coefficient (Wildman–Crippen LogP) is 1.91. The molecule has 2 heterocycles. The lowest BCUT2D eigenvalue weighted by Crippen LogP contribution is -2.42. The summed E-state index contributed by atoms with van der Waals surface area (Å²) in [6.45, 7) is 1.68. The van der Waals surface area contributed by atoms with Gasteiger partial charge in [-0.05, 0) is 63.0 Å². The number of amides is 1. The third-order valence-electron chi connectivity index (χ3n) is 5.80. The highest BCUT2D eigenvalue weighted by Gasteiger charge is 2.39. The van der Waals surface area contributed by atoms with Crippen LogP contribution in [-0.2, 0) is 9.59 Å². The maximum atomic E-state index is 12.1. The van der Waals surface area contributed by atoms with Crippen molar-refractivity contribution in [2.45, 2.75) is 63.5 Å². The maximum Gasteiger partial charge on any atom is 0.326 e. The lowest BCUT2D eigenvalue weighted by Gasteiger charge is -2.29. The number of nitrogens with zero attached hydrogens (tertiary/aromatic N) is 1. The van der Waals surface area contributed by atoms with E-state index in [1.165, 1.54) is 31.8 Å². The van der Waals surface area contributed by atoms with Gasteiger partial charge in [0.15, 0.2) is 0 Å². The Hall–Kier alpha value is -1.69. The van der Waals surface area contributed by atoms with Crippen LogP contribution < -0.4 is 10.6 Å². The highest BCUT2D eigenvalue weighted by Crippen LogP contribution is 2.36. The van der Waals surface area contributed by atoms with E-state index in [1.54, 1.807) is 6.08 Å². The van der Waals surface area contributed by atoms with Crippen LogP contribution >= 0.6 is 0 Å². The molecule has 1 saturated carbocycles. The first-order chi connectivity index (χ1) is 12.1. The number of carbonyl (C=O) groups excluding carboxylic acids is 1. The minimum Gasteiger partial charge on any atom is -0.480 e. The van der Waals surface area contributed by atoms with E-state index >= 15 is 0 Å². The van der Waals surface area contributed by atoms with Gasteiger partial charge in [0.2, 0.25) is 5.91 Å². The van der Waals surface area contributed by atoms with Gasteiger partial charge in [-0.15, -0.1) is 0 Å². The third kappa shape index (κ3) is 4.91. The van der Waals surface area contributed by atoms with Gasteiger partial charge in [-0.1, -0.05) is 12.8 Å². The van der Waals surface area contributed by atoms with Gasteiger partial charge in [-0.2, -0.15) is 0 Å². The van der Waals surface area contributed by atoms with Crippen molar-refractivity contribution in [2.24, 2.45) is 16.8 Å². The number of aliphatic carboxylic acids is 1. The summed E-state index contributed by atoms with van der Waals surface area (Å²) < 4.78 is 0. The van der Waals surface area contributed by atoms with Crippen molar-refractivity contribution in [3.63, 3.8) is 0 Å².